The van der Waals surface area contributed by atoms with Crippen molar-refractivity contribution in [2.24, 2.45) is 7.05 Å². The predicted octanol–water partition coefficient (Wildman–Crippen LogP) is 1.34. The van der Waals surface area contributed by atoms with Crippen LogP contribution in [0.1, 0.15) is 0 Å². The number of hydrogen-bond donors (Lipinski definition) is 1. The van der Waals surface area contributed by atoms with Gasteiger partial charge in [0.15, 0.2) is 17.1 Å². The molecule has 0 radical (unpaired) electrons. The van der Waals surface area contributed by atoms with Crippen LogP contribution in [0.3, 0.4) is 0 Å². The third-order valence-corrected chi connectivity index (χ3v) is 7.97. The highest BCUT2D eigenvalue weighted by Crippen LogP contribution is 2.26. The maximum absolute atomic E-state index is 14.8. The minimum absolute atomic E-state index is 0.115. The highest BCUT2D eigenvalue weighted by molar-refractivity contribution is 7.90. The second-order valence-electron chi connectivity index (χ2n) is 9.85. The molecule has 2 N–H and O–H groups in total. The van der Waals surface area contributed by atoms with Crippen molar-refractivity contribution < 1.29 is 18.1 Å². The second-order valence-corrected chi connectivity index (χ2v) is 11.4. The fraction of sp³-hybridized carbons (Fsp3) is 0.385. The lowest BCUT2D eigenvalue weighted by molar-refractivity contribution is 0.247. The maximum Gasteiger partial charge on any atom is 0.330 e. The number of imidazole rings is 1. The smallest absolute Gasteiger partial charge is 0.330 e. The molecular formula is C26H30FN9O4S. The summed E-state index contributed by atoms with van der Waals surface area (Å²) in [7, 11) is 1.68. The number of nitrogens with two attached hydrogens (primary N) is 1. The van der Waals surface area contributed by atoms with E-state index in [4.69, 9.17) is 14.9 Å². The molecule has 0 bridgehead atoms. The number of nitrogen functional groups attached to an aromatic ring is 1. The van der Waals surface area contributed by atoms with Crippen LogP contribution in [-0.2, 0) is 24.8 Å². The SMILES string of the molecule is Cn1c(=O)n(CCN2CCN(c3ccc(OCC[S@+](C)[O-])cc3F)CC2)c2nc(N)n3nc(-c4ccco4)nc3c21. The van der Waals surface area contributed by atoms with E-state index in [1.54, 1.807) is 42.1 Å². The third kappa shape index (κ3) is 5.23. The molecule has 41 heavy (non-hydrogen) atoms. The van der Waals surface area contributed by atoms with Crippen molar-refractivity contribution in [3.8, 4) is 17.3 Å². The summed E-state index contributed by atoms with van der Waals surface area (Å²) in [5, 5.41) is 4.41. The van der Waals surface area contributed by atoms with Gasteiger partial charge >= 0.3 is 5.69 Å². The van der Waals surface area contributed by atoms with E-state index in [2.05, 4.69) is 20.0 Å². The molecule has 0 unspecified atom stereocenters. The van der Waals surface area contributed by atoms with Crippen molar-refractivity contribution in [2.45, 2.75) is 6.54 Å². The first-order valence-electron chi connectivity index (χ1n) is 13.1. The monoisotopic (exact) mass is 583 g/mol. The normalized spacial score (nSPS) is 15.3. The lowest BCUT2D eigenvalue weighted by Gasteiger charge is -2.36. The Bertz CT molecular complexity index is 1740. The molecule has 1 saturated heterocycles. The number of halogens is 1. The molecule has 1 fully saturated rings. The van der Waals surface area contributed by atoms with Gasteiger partial charge in [-0.25, -0.2) is 14.2 Å². The Morgan fingerprint density at radius 2 is 1.95 bits per heavy atom. The number of hydrogen-bond acceptors (Lipinski definition) is 10. The quantitative estimate of drug-likeness (QED) is 0.252. The molecule has 5 heterocycles. The fourth-order valence-corrected chi connectivity index (χ4v) is 5.38. The molecule has 0 saturated carbocycles. The Hall–Kier alpha value is -4.08. The summed E-state index contributed by atoms with van der Waals surface area (Å²) in [6, 6.07) is 8.32. The van der Waals surface area contributed by atoms with Crippen LogP contribution in [0.15, 0.2) is 45.8 Å². The predicted molar refractivity (Wildman–Crippen MR) is 153 cm³/mol. The van der Waals surface area contributed by atoms with Crippen LogP contribution in [0, 0.1) is 5.82 Å². The zero-order valence-corrected chi connectivity index (χ0v) is 23.5. The average molecular weight is 584 g/mol. The van der Waals surface area contributed by atoms with Gasteiger partial charge in [-0.15, -0.1) is 5.10 Å². The van der Waals surface area contributed by atoms with Gasteiger partial charge in [0.1, 0.15) is 29.4 Å². The van der Waals surface area contributed by atoms with Crippen molar-refractivity contribution in [1.29, 1.82) is 0 Å². The van der Waals surface area contributed by atoms with Gasteiger partial charge in [0, 0.05) is 52.4 Å². The number of piperazine rings is 1. The molecule has 1 aliphatic rings. The zero-order chi connectivity index (χ0) is 28.7. The van der Waals surface area contributed by atoms with Crippen LogP contribution >= 0.6 is 0 Å². The minimum Gasteiger partial charge on any atom is -0.616 e. The molecule has 0 aliphatic carbocycles. The first kappa shape index (κ1) is 27.1. The summed E-state index contributed by atoms with van der Waals surface area (Å²) in [5.41, 5.74) is 7.90. The standard InChI is InChI=1S/C26H30FN9O4S/c1-32-21-23(30-25(28)36-24(21)29-22(31-36)20-4-3-13-40-20)35(26(32)37)12-9-33-7-10-34(11-8-33)19-6-5-17(16-18(19)27)39-14-15-41(2)38/h3-6,13,16H,7-12,14-15H2,1-2H3,(H2,28,30)/t41-/m0/s1. The maximum atomic E-state index is 14.8. The van der Waals surface area contributed by atoms with Gasteiger partial charge in [-0.3, -0.25) is 14.0 Å². The average Bonchev–Trinajstić information content (AvgIpc) is 3.68. The highest BCUT2D eigenvalue weighted by atomic mass is 32.2. The number of rotatable bonds is 9. The van der Waals surface area contributed by atoms with Crippen LogP contribution in [0.2, 0.25) is 0 Å². The molecule has 216 valence electrons. The van der Waals surface area contributed by atoms with E-state index in [-0.39, 0.29) is 24.1 Å². The molecule has 1 aliphatic heterocycles. The number of ether oxygens (including phenoxy) is 1. The first-order valence-corrected chi connectivity index (χ1v) is 14.9. The molecular weight excluding hydrogens is 553 g/mol. The molecule has 5 aromatic rings. The van der Waals surface area contributed by atoms with Crippen LogP contribution < -0.4 is 21.1 Å². The second kappa shape index (κ2) is 11.1. The topological polar surface area (TPSA) is 148 Å². The first-order chi connectivity index (χ1) is 19.8. The Morgan fingerprint density at radius 1 is 1.15 bits per heavy atom. The van der Waals surface area contributed by atoms with Crippen molar-refractivity contribution in [2.75, 3.05) is 62.0 Å². The van der Waals surface area contributed by atoms with Gasteiger partial charge in [0.25, 0.3) is 0 Å². The van der Waals surface area contributed by atoms with Gasteiger partial charge in [0.2, 0.25) is 11.8 Å². The van der Waals surface area contributed by atoms with Crippen molar-refractivity contribution in [1.82, 2.24) is 33.6 Å². The van der Waals surface area contributed by atoms with E-state index in [0.29, 0.717) is 84.9 Å². The summed E-state index contributed by atoms with van der Waals surface area (Å²) < 4.78 is 41.5. The van der Waals surface area contributed by atoms with Crippen LogP contribution in [-0.4, -0.2) is 89.5 Å². The third-order valence-electron chi connectivity index (χ3n) is 7.23. The van der Waals surface area contributed by atoms with Gasteiger partial charge in [-0.1, -0.05) is 11.2 Å². The lowest BCUT2D eigenvalue weighted by Crippen LogP contribution is -2.47. The number of benzene rings is 1. The summed E-state index contributed by atoms with van der Waals surface area (Å²) in [4.78, 5) is 26.5. The number of fused-ring (bicyclic) bond motifs is 3. The summed E-state index contributed by atoms with van der Waals surface area (Å²) in [6.07, 6.45) is 3.14. The van der Waals surface area contributed by atoms with Gasteiger partial charge in [0.05, 0.1) is 18.2 Å². The van der Waals surface area contributed by atoms with E-state index in [9.17, 15) is 13.7 Å². The highest BCUT2D eigenvalue weighted by Gasteiger charge is 2.23. The molecule has 4 aromatic heterocycles. The van der Waals surface area contributed by atoms with E-state index in [0.717, 1.165) is 0 Å². The Kier molecular flexibility index (Phi) is 7.32. The number of furan rings is 1. The zero-order valence-electron chi connectivity index (χ0n) is 22.7. The van der Waals surface area contributed by atoms with Gasteiger partial charge in [-0.2, -0.15) is 9.50 Å². The number of aryl methyl sites for hydroxylation is 1. The molecule has 0 spiro atoms. The summed E-state index contributed by atoms with van der Waals surface area (Å²) in [5.74, 6) is 1.42. The molecule has 15 heteroatoms. The van der Waals surface area contributed by atoms with E-state index in [1.165, 1.54) is 21.4 Å². The van der Waals surface area contributed by atoms with Gasteiger partial charge < -0.3 is 24.3 Å². The molecule has 6 rings (SSSR count). The minimum atomic E-state index is -0.959. The van der Waals surface area contributed by atoms with E-state index in [1.807, 2.05) is 4.90 Å². The van der Waals surface area contributed by atoms with Gasteiger partial charge in [-0.05, 0) is 24.3 Å². The lowest BCUT2D eigenvalue weighted by atomic mass is 10.2. The molecule has 13 nitrogen and oxygen atoms in total. The van der Waals surface area contributed by atoms with Crippen LogP contribution in [0.25, 0.3) is 28.4 Å². The molecule has 1 aromatic carbocycles. The van der Waals surface area contributed by atoms with Crippen LogP contribution in [0.5, 0.6) is 5.75 Å². The van der Waals surface area contributed by atoms with E-state index >= 15 is 0 Å². The number of anilines is 2. The number of aromatic nitrogens is 6. The van der Waals surface area contributed by atoms with Crippen LogP contribution in [0.4, 0.5) is 16.0 Å². The van der Waals surface area contributed by atoms with Crippen molar-refractivity contribution >= 4 is 39.6 Å². The number of nitrogens with zero attached hydrogens (tertiary/aromatic N) is 8. The Balaban J connectivity index is 1.14. The summed E-state index contributed by atoms with van der Waals surface area (Å²) in [6.45, 7) is 3.97. The molecule has 0 amide bonds. The van der Waals surface area contributed by atoms with Crippen molar-refractivity contribution in [3.05, 3.63) is 52.9 Å². The fourth-order valence-electron chi connectivity index (χ4n) is 5.07. The van der Waals surface area contributed by atoms with Crippen molar-refractivity contribution in [3.63, 3.8) is 0 Å². The summed E-state index contributed by atoms with van der Waals surface area (Å²) >= 11 is -0.959. The Morgan fingerprint density at radius 3 is 2.66 bits per heavy atom. The van der Waals surface area contributed by atoms with E-state index < -0.39 is 11.2 Å². The Labute approximate surface area is 237 Å². The largest absolute Gasteiger partial charge is 0.616 e. The molecule has 1 atom stereocenters.